The maximum atomic E-state index is 12.2. The number of rotatable bonds is 6. The molecule has 1 N–H and O–H groups in total. The molecule has 2 aromatic carbocycles. The van der Waals surface area contributed by atoms with Gasteiger partial charge in [-0.05, 0) is 38.1 Å². The average Bonchev–Trinajstić information content (AvgIpc) is 2.98. The second-order valence-corrected chi connectivity index (χ2v) is 7.16. The monoisotopic (exact) mass is 351 g/mol. The quantitative estimate of drug-likeness (QED) is 0.537. The van der Waals surface area contributed by atoms with Crippen LogP contribution in [0, 0.1) is 6.92 Å². The predicted octanol–water partition coefficient (Wildman–Crippen LogP) is 4.12. The van der Waals surface area contributed by atoms with Gasteiger partial charge in [-0.2, -0.15) is 0 Å². The Balaban J connectivity index is 2.00. The van der Waals surface area contributed by atoms with Gasteiger partial charge in [-0.15, -0.1) is 6.58 Å². The third-order valence-electron chi connectivity index (χ3n) is 3.89. The molecular formula is C20H21N3OS. The summed E-state index contributed by atoms with van der Waals surface area (Å²) in [6.07, 6.45) is 1.68. The summed E-state index contributed by atoms with van der Waals surface area (Å²) in [5.41, 5.74) is 4.21. The number of amides is 1. The minimum absolute atomic E-state index is 0.0209. The van der Waals surface area contributed by atoms with E-state index < -0.39 is 0 Å². The maximum absolute atomic E-state index is 12.2. The number of aryl methyl sites for hydroxylation is 1. The van der Waals surface area contributed by atoms with E-state index in [0.717, 1.165) is 21.9 Å². The molecule has 0 aliphatic heterocycles. The highest BCUT2D eigenvalue weighted by Crippen LogP contribution is 2.30. The lowest BCUT2D eigenvalue weighted by Gasteiger charge is -2.13. The van der Waals surface area contributed by atoms with Gasteiger partial charge in [0.15, 0.2) is 5.16 Å². The average molecular weight is 351 g/mol. The van der Waals surface area contributed by atoms with Crippen molar-refractivity contribution in [1.29, 1.82) is 0 Å². The van der Waals surface area contributed by atoms with Gasteiger partial charge in [0.2, 0.25) is 5.91 Å². The zero-order valence-electron chi connectivity index (χ0n) is 14.4. The smallest absolute Gasteiger partial charge is 0.233 e. The lowest BCUT2D eigenvalue weighted by Crippen LogP contribution is -2.31. The minimum Gasteiger partial charge on any atom is -0.352 e. The Morgan fingerprint density at radius 3 is 2.72 bits per heavy atom. The number of hydrogen-bond donors (Lipinski definition) is 1. The molecule has 128 valence electrons. The number of nitrogens with zero attached hydrogens (tertiary/aromatic N) is 2. The fourth-order valence-electron chi connectivity index (χ4n) is 2.55. The topological polar surface area (TPSA) is 46.9 Å². The van der Waals surface area contributed by atoms with Gasteiger partial charge < -0.3 is 5.32 Å². The fraction of sp³-hybridized carbons (Fsp3) is 0.200. The van der Waals surface area contributed by atoms with Gasteiger partial charge in [-0.1, -0.05) is 47.7 Å². The molecule has 3 aromatic rings. The first-order valence-corrected chi connectivity index (χ1v) is 9.08. The normalized spacial score (nSPS) is 12.1. The number of benzene rings is 2. The van der Waals surface area contributed by atoms with Gasteiger partial charge in [0.05, 0.1) is 16.3 Å². The zero-order chi connectivity index (χ0) is 17.8. The van der Waals surface area contributed by atoms with E-state index in [-0.39, 0.29) is 11.2 Å². The molecule has 1 amide bonds. The highest BCUT2D eigenvalue weighted by Gasteiger charge is 2.19. The summed E-state index contributed by atoms with van der Waals surface area (Å²) in [4.78, 5) is 16.9. The molecule has 1 unspecified atom stereocenters. The van der Waals surface area contributed by atoms with Crippen LogP contribution in [0.15, 0.2) is 66.3 Å². The number of hydrogen-bond acceptors (Lipinski definition) is 3. The Bertz CT molecular complexity index is 899. The van der Waals surface area contributed by atoms with Crippen LogP contribution >= 0.6 is 11.8 Å². The molecule has 5 heteroatoms. The first kappa shape index (κ1) is 17.3. The summed E-state index contributed by atoms with van der Waals surface area (Å²) in [5.74, 6) is -0.0209. The Morgan fingerprint density at radius 1 is 1.28 bits per heavy atom. The number of carbonyl (C=O) groups excluding carboxylic acids is 1. The fourth-order valence-corrected chi connectivity index (χ4v) is 3.52. The van der Waals surface area contributed by atoms with Gasteiger partial charge in [0.25, 0.3) is 0 Å². The van der Waals surface area contributed by atoms with Gasteiger partial charge in [0, 0.05) is 12.2 Å². The van der Waals surface area contributed by atoms with Gasteiger partial charge in [-0.25, -0.2) is 4.98 Å². The van der Waals surface area contributed by atoms with Crippen molar-refractivity contribution in [3.63, 3.8) is 0 Å². The van der Waals surface area contributed by atoms with Crippen LogP contribution in [-0.2, 0) is 4.79 Å². The van der Waals surface area contributed by atoms with Crippen LogP contribution in [0.1, 0.15) is 12.5 Å². The Labute approximate surface area is 152 Å². The summed E-state index contributed by atoms with van der Waals surface area (Å²) >= 11 is 1.46. The summed E-state index contributed by atoms with van der Waals surface area (Å²) < 4.78 is 2.11. The summed E-state index contributed by atoms with van der Waals surface area (Å²) in [5, 5.41) is 3.40. The highest BCUT2D eigenvalue weighted by molar-refractivity contribution is 8.00. The third-order valence-corrected chi connectivity index (χ3v) is 4.95. The van der Waals surface area contributed by atoms with Crippen molar-refractivity contribution in [2.75, 3.05) is 6.54 Å². The van der Waals surface area contributed by atoms with Crippen LogP contribution in [0.25, 0.3) is 16.7 Å². The standard InChI is InChI=1S/C20H21N3OS/c1-4-13-21-19(24)15(3)25-20-22-17-7-5-6-8-18(17)23(20)16-11-9-14(2)10-12-16/h4-12,15H,1,13H2,2-3H3,(H,21,24). The first-order valence-electron chi connectivity index (χ1n) is 8.20. The molecule has 0 fully saturated rings. The number of thioether (sulfide) groups is 1. The molecule has 4 nitrogen and oxygen atoms in total. The highest BCUT2D eigenvalue weighted by atomic mass is 32.2. The summed E-state index contributed by atoms with van der Waals surface area (Å²) in [6, 6.07) is 16.3. The molecule has 1 heterocycles. The van der Waals surface area contributed by atoms with Gasteiger partial charge >= 0.3 is 0 Å². The number of carbonyl (C=O) groups is 1. The molecule has 0 spiro atoms. The number of nitrogens with one attached hydrogen (secondary N) is 1. The van der Waals surface area contributed by atoms with E-state index in [1.165, 1.54) is 17.3 Å². The van der Waals surface area contributed by atoms with Crippen molar-refractivity contribution in [2.24, 2.45) is 0 Å². The van der Waals surface area contributed by atoms with Crippen LogP contribution in [0.2, 0.25) is 0 Å². The molecule has 0 aliphatic carbocycles. The molecular weight excluding hydrogens is 330 g/mol. The van der Waals surface area contributed by atoms with E-state index in [0.29, 0.717) is 6.54 Å². The van der Waals surface area contributed by atoms with Crippen LogP contribution < -0.4 is 5.32 Å². The number of fused-ring (bicyclic) bond motifs is 1. The van der Waals surface area contributed by atoms with E-state index >= 15 is 0 Å². The van der Waals surface area contributed by atoms with E-state index in [9.17, 15) is 4.79 Å². The number of imidazole rings is 1. The Kier molecular flexibility index (Phi) is 5.24. The third kappa shape index (κ3) is 3.77. The van der Waals surface area contributed by atoms with E-state index in [1.807, 2.05) is 25.1 Å². The Hall–Kier alpha value is -2.53. The van der Waals surface area contributed by atoms with Crippen molar-refractivity contribution < 1.29 is 4.79 Å². The number of para-hydroxylation sites is 2. The van der Waals surface area contributed by atoms with Crippen molar-refractivity contribution in [2.45, 2.75) is 24.3 Å². The minimum atomic E-state index is -0.249. The van der Waals surface area contributed by atoms with Crippen molar-refractivity contribution >= 4 is 28.7 Å². The van der Waals surface area contributed by atoms with Crippen LogP contribution in [0.4, 0.5) is 0 Å². The van der Waals surface area contributed by atoms with Crippen LogP contribution in [0.3, 0.4) is 0 Å². The molecule has 0 saturated heterocycles. The van der Waals surface area contributed by atoms with E-state index in [4.69, 9.17) is 4.98 Å². The van der Waals surface area contributed by atoms with Crippen LogP contribution in [-0.4, -0.2) is 27.3 Å². The summed E-state index contributed by atoms with van der Waals surface area (Å²) in [7, 11) is 0. The van der Waals surface area contributed by atoms with Crippen molar-refractivity contribution in [3.8, 4) is 5.69 Å². The SMILES string of the molecule is C=CCNC(=O)C(C)Sc1nc2ccccc2n1-c1ccc(C)cc1. The van der Waals surface area contributed by atoms with Crippen molar-refractivity contribution in [1.82, 2.24) is 14.9 Å². The summed E-state index contributed by atoms with van der Waals surface area (Å²) in [6.45, 7) is 8.06. The Morgan fingerprint density at radius 2 is 2.00 bits per heavy atom. The maximum Gasteiger partial charge on any atom is 0.233 e. The second-order valence-electron chi connectivity index (χ2n) is 5.85. The predicted molar refractivity (Wildman–Crippen MR) is 104 cm³/mol. The zero-order valence-corrected chi connectivity index (χ0v) is 15.2. The van der Waals surface area contributed by atoms with Crippen molar-refractivity contribution in [3.05, 3.63) is 66.7 Å². The molecule has 3 rings (SSSR count). The largest absolute Gasteiger partial charge is 0.352 e. The molecule has 25 heavy (non-hydrogen) atoms. The molecule has 0 radical (unpaired) electrons. The number of aromatic nitrogens is 2. The first-order chi connectivity index (χ1) is 12.1. The molecule has 0 aliphatic rings. The second kappa shape index (κ2) is 7.57. The van der Waals surface area contributed by atoms with Gasteiger partial charge in [0.1, 0.15) is 0 Å². The van der Waals surface area contributed by atoms with E-state index in [2.05, 4.69) is 53.7 Å². The van der Waals surface area contributed by atoms with Gasteiger partial charge in [-0.3, -0.25) is 9.36 Å². The van der Waals surface area contributed by atoms with Crippen LogP contribution in [0.5, 0.6) is 0 Å². The lowest BCUT2D eigenvalue weighted by molar-refractivity contribution is -0.120. The molecule has 0 saturated carbocycles. The molecule has 1 aromatic heterocycles. The molecule has 1 atom stereocenters. The van der Waals surface area contributed by atoms with E-state index in [1.54, 1.807) is 6.08 Å². The molecule has 0 bridgehead atoms. The lowest BCUT2D eigenvalue weighted by atomic mass is 10.2.